The first-order valence-electron chi connectivity index (χ1n) is 6.29. The molecule has 0 fully saturated rings. The largest absolute Gasteiger partial charge is 0.496 e. The number of methoxy groups -OCH3 is 1. The summed E-state index contributed by atoms with van der Waals surface area (Å²) in [6.07, 6.45) is 0.973. The Kier molecular flexibility index (Phi) is 5.10. The summed E-state index contributed by atoms with van der Waals surface area (Å²) >= 11 is 0. The first kappa shape index (κ1) is 15.2. The summed E-state index contributed by atoms with van der Waals surface area (Å²) in [7, 11) is 1.66. The number of benzene rings is 1. The summed E-state index contributed by atoms with van der Waals surface area (Å²) in [5.74, 6) is 0.290. The van der Waals surface area contributed by atoms with Crippen LogP contribution in [0.3, 0.4) is 0 Å². The highest BCUT2D eigenvalue weighted by Crippen LogP contribution is 2.31. The Bertz CT molecular complexity index is 461. The van der Waals surface area contributed by atoms with E-state index in [9.17, 15) is 9.59 Å². The highest BCUT2D eigenvalue weighted by molar-refractivity contribution is 6.23. The molecular weight excluding hydrogens is 242 g/mol. The van der Waals surface area contributed by atoms with Crippen molar-refractivity contribution in [3.63, 3.8) is 0 Å². The Morgan fingerprint density at radius 3 is 2.58 bits per heavy atom. The van der Waals surface area contributed by atoms with Gasteiger partial charge >= 0.3 is 0 Å². The van der Waals surface area contributed by atoms with Crippen LogP contribution in [0.15, 0.2) is 18.2 Å². The number of nitrogens with one attached hydrogen (secondary N) is 1. The Balaban J connectivity index is 2.81. The van der Waals surface area contributed by atoms with Gasteiger partial charge in [0.2, 0.25) is 6.29 Å². The van der Waals surface area contributed by atoms with E-state index in [0.29, 0.717) is 13.0 Å². The number of carbonyl (C=O) groups excluding carboxylic acids is 2. The first-order chi connectivity index (χ1) is 8.88. The van der Waals surface area contributed by atoms with Crippen molar-refractivity contribution in [1.82, 2.24) is 5.32 Å². The Morgan fingerprint density at radius 1 is 1.37 bits per heavy atom. The van der Waals surface area contributed by atoms with Crippen LogP contribution in [0.4, 0.5) is 0 Å². The smallest absolute Gasteiger partial charge is 0.284 e. The summed E-state index contributed by atoms with van der Waals surface area (Å²) in [5, 5.41) is 2.53. The third-order valence-corrected chi connectivity index (χ3v) is 2.89. The lowest BCUT2D eigenvalue weighted by atomic mass is 9.85. The van der Waals surface area contributed by atoms with Crippen molar-refractivity contribution in [3.05, 3.63) is 29.3 Å². The van der Waals surface area contributed by atoms with Crippen molar-refractivity contribution >= 4 is 12.2 Å². The standard InChI is InChI=1S/C15H21NO3/c1-15(2,3)12-9-11(5-6-13(12)19-4)7-8-16-14(18)10-17/h5-6,9-10H,7-8H2,1-4H3,(H,16,18). The summed E-state index contributed by atoms with van der Waals surface area (Å²) in [5.41, 5.74) is 2.24. The molecule has 0 aliphatic rings. The summed E-state index contributed by atoms with van der Waals surface area (Å²) in [6, 6.07) is 6.00. The summed E-state index contributed by atoms with van der Waals surface area (Å²) in [4.78, 5) is 21.0. The van der Waals surface area contributed by atoms with E-state index < -0.39 is 5.91 Å². The predicted octanol–water partition coefficient (Wildman–Crippen LogP) is 1.85. The van der Waals surface area contributed by atoms with Crippen LogP contribution >= 0.6 is 0 Å². The van der Waals surface area contributed by atoms with Gasteiger partial charge in [0.25, 0.3) is 5.91 Å². The van der Waals surface area contributed by atoms with E-state index in [4.69, 9.17) is 4.74 Å². The van der Waals surface area contributed by atoms with Gasteiger partial charge in [0, 0.05) is 6.54 Å². The average molecular weight is 263 g/mol. The van der Waals surface area contributed by atoms with E-state index >= 15 is 0 Å². The van der Waals surface area contributed by atoms with Gasteiger partial charge < -0.3 is 10.1 Å². The van der Waals surface area contributed by atoms with Gasteiger partial charge in [0.15, 0.2) is 0 Å². The molecule has 1 aromatic rings. The van der Waals surface area contributed by atoms with Crippen LogP contribution in [0.2, 0.25) is 0 Å². The van der Waals surface area contributed by atoms with Crippen LogP contribution in [0.1, 0.15) is 31.9 Å². The molecule has 1 rings (SSSR count). The summed E-state index contributed by atoms with van der Waals surface area (Å²) < 4.78 is 5.37. The molecule has 0 heterocycles. The van der Waals surface area contributed by atoms with Gasteiger partial charge in [-0.2, -0.15) is 0 Å². The number of amides is 1. The fourth-order valence-electron chi connectivity index (χ4n) is 1.87. The SMILES string of the molecule is COc1ccc(CCNC(=O)C=O)cc1C(C)(C)C. The molecule has 0 aliphatic heterocycles. The van der Waals surface area contributed by atoms with Crippen molar-refractivity contribution < 1.29 is 14.3 Å². The molecule has 0 atom stereocenters. The van der Waals surface area contributed by atoms with E-state index in [2.05, 4.69) is 32.2 Å². The van der Waals surface area contributed by atoms with Crippen molar-refractivity contribution in [1.29, 1.82) is 0 Å². The minimum Gasteiger partial charge on any atom is -0.496 e. The van der Waals surface area contributed by atoms with Crippen molar-refractivity contribution in [3.8, 4) is 5.75 Å². The number of carbonyl (C=O) groups is 2. The molecule has 0 bridgehead atoms. The monoisotopic (exact) mass is 263 g/mol. The average Bonchev–Trinajstić information content (AvgIpc) is 2.37. The maximum absolute atomic E-state index is 10.8. The van der Waals surface area contributed by atoms with E-state index in [1.165, 1.54) is 0 Å². The maximum atomic E-state index is 10.8. The molecule has 4 nitrogen and oxygen atoms in total. The van der Waals surface area contributed by atoms with Gasteiger partial charge in [-0.05, 0) is 29.0 Å². The van der Waals surface area contributed by atoms with E-state index in [0.717, 1.165) is 16.9 Å². The molecule has 0 aromatic heterocycles. The number of hydrogen-bond donors (Lipinski definition) is 1. The first-order valence-corrected chi connectivity index (χ1v) is 6.29. The van der Waals surface area contributed by atoms with Crippen molar-refractivity contribution in [2.75, 3.05) is 13.7 Å². The molecule has 0 saturated carbocycles. The van der Waals surface area contributed by atoms with Crippen LogP contribution in [0.5, 0.6) is 5.75 Å². The Labute approximate surface area is 114 Å². The molecule has 0 unspecified atom stereocenters. The maximum Gasteiger partial charge on any atom is 0.284 e. The fourth-order valence-corrected chi connectivity index (χ4v) is 1.87. The van der Waals surface area contributed by atoms with Gasteiger partial charge in [-0.15, -0.1) is 0 Å². The number of ether oxygens (including phenoxy) is 1. The topological polar surface area (TPSA) is 55.4 Å². The quantitative estimate of drug-likeness (QED) is 0.651. The normalized spacial score (nSPS) is 10.9. The molecule has 1 amide bonds. The minimum atomic E-state index is -0.579. The van der Waals surface area contributed by atoms with Gasteiger partial charge in [-0.3, -0.25) is 9.59 Å². The number of hydrogen-bond acceptors (Lipinski definition) is 3. The second-order valence-electron chi connectivity index (χ2n) is 5.44. The molecule has 0 aliphatic carbocycles. The predicted molar refractivity (Wildman–Crippen MR) is 74.5 cm³/mol. The van der Waals surface area contributed by atoms with Crippen LogP contribution in [0.25, 0.3) is 0 Å². The van der Waals surface area contributed by atoms with Crippen LogP contribution < -0.4 is 10.1 Å². The highest BCUT2D eigenvalue weighted by atomic mass is 16.5. The second-order valence-corrected chi connectivity index (χ2v) is 5.44. The molecule has 0 radical (unpaired) electrons. The molecule has 104 valence electrons. The Hall–Kier alpha value is -1.84. The number of rotatable bonds is 5. The van der Waals surface area contributed by atoms with Gasteiger partial charge in [0.05, 0.1) is 7.11 Å². The van der Waals surface area contributed by atoms with E-state index in [-0.39, 0.29) is 11.7 Å². The third kappa shape index (κ3) is 4.39. The lowest BCUT2D eigenvalue weighted by molar-refractivity contribution is -0.131. The fraction of sp³-hybridized carbons (Fsp3) is 0.467. The van der Waals surface area contributed by atoms with E-state index in [1.807, 2.05) is 12.1 Å². The van der Waals surface area contributed by atoms with Crippen LogP contribution in [-0.2, 0) is 21.4 Å². The van der Waals surface area contributed by atoms with Crippen molar-refractivity contribution in [2.24, 2.45) is 0 Å². The van der Waals surface area contributed by atoms with Crippen LogP contribution in [0, 0.1) is 0 Å². The highest BCUT2D eigenvalue weighted by Gasteiger charge is 2.19. The number of aldehydes is 1. The molecule has 19 heavy (non-hydrogen) atoms. The lowest BCUT2D eigenvalue weighted by Gasteiger charge is -2.23. The lowest BCUT2D eigenvalue weighted by Crippen LogP contribution is -2.26. The van der Waals surface area contributed by atoms with Crippen molar-refractivity contribution in [2.45, 2.75) is 32.6 Å². The van der Waals surface area contributed by atoms with E-state index in [1.54, 1.807) is 7.11 Å². The summed E-state index contributed by atoms with van der Waals surface area (Å²) in [6.45, 7) is 6.84. The molecule has 4 heteroatoms. The zero-order valence-electron chi connectivity index (χ0n) is 11.9. The van der Waals surface area contributed by atoms with Gasteiger partial charge in [-0.25, -0.2) is 0 Å². The molecule has 0 spiro atoms. The zero-order valence-corrected chi connectivity index (χ0v) is 11.9. The second kappa shape index (κ2) is 6.36. The minimum absolute atomic E-state index is 0.00655. The Morgan fingerprint density at radius 2 is 2.05 bits per heavy atom. The van der Waals surface area contributed by atoms with Gasteiger partial charge in [-0.1, -0.05) is 32.9 Å². The third-order valence-electron chi connectivity index (χ3n) is 2.89. The van der Waals surface area contributed by atoms with Gasteiger partial charge in [0.1, 0.15) is 5.75 Å². The zero-order chi connectivity index (χ0) is 14.5. The van der Waals surface area contributed by atoms with Crippen LogP contribution in [-0.4, -0.2) is 25.8 Å². The molecule has 0 saturated heterocycles. The molecular formula is C15H21NO3. The molecule has 1 aromatic carbocycles. The molecule has 1 N–H and O–H groups in total.